The number of thiazole rings is 1. The molecular formula is C29H27ClN2O9S. The van der Waals surface area contributed by atoms with Crippen molar-refractivity contribution >= 4 is 41.0 Å². The Morgan fingerprint density at radius 2 is 1.88 bits per heavy atom. The third-order valence-corrected chi connectivity index (χ3v) is 7.76. The van der Waals surface area contributed by atoms with Crippen LogP contribution < -0.4 is 33.8 Å². The third kappa shape index (κ3) is 5.59. The molecule has 2 aromatic carbocycles. The fourth-order valence-electron chi connectivity index (χ4n) is 4.57. The summed E-state index contributed by atoms with van der Waals surface area (Å²) in [6, 6.07) is 7.44. The van der Waals surface area contributed by atoms with E-state index in [1.807, 2.05) is 0 Å². The monoisotopic (exact) mass is 614 g/mol. The number of allylic oxidation sites excluding steroid dienone is 1. The maximum absolute atomic E-state index is 14.0. The van der Waals surface area contributed by atoms with Crippen LogP contribution >= 0.6 is 22.9 Å². The number of esters is 2. The molecule has 5 rings (SSSR count). The predicted octanol–water partition coefficient (Wildman–Crippen LogP) is 3.13. The van der Waals surface area contributed by atoms with E-state index in [9.17, 15) is 14.4 Å². The molecule has 0 radical (unpaired) electrons. The van der Waals surface area contributed by atoms with E-state index in [0.29, 0.717) is 60.8 Å². The molecule has 0 bridgehead atoms. The van der Waals surface area contributed by atoms with Gasteiger partial charge >= 0.3 is 11.9 Å². The molecule has 0 amide bonds. The molecule has 11 nitrogen and oxygen atoms in total. The summed E-state index contributed by atoms with van der Waals surface area (Å²) in [5, 5.41) is 0.383. The quantitative estimate of drug-likeness (QED) is 0.334. The zero-order chi connectivity index (χ0) is 30.0. The Balaban J connectivity index is 1.66. The number of carbonyl (C=O) groups excluding carboxylic acids is 2. The smallest absolute Gasteiger partial charge is 0.343 e. The molecular weight excluding hydrogens is 588 g/mol. The first-order valence-corrected chi connectivity index (χ1v) is 14.2. The van der Waals surface area contributed by atoms with Gasteiger partial charge < -0.3 is 28.4 Å². The Kier molecular flexibility index (Phi) is 8.55. The molecule has 0 unspecified atom stereocenters. The van der Waals surface area contributed by atoms with Crippen LogP contribution in [0.25, 0.3) is 6.08 Å². The number of halogens is 1. The fourth-order valence-corrected chi connectivity index (χ4v) is 5.82. The van der Waals surface area contributed by atoms with Gasteiger partial charge in [0.1, 0.15) is 0 Å². The summed E-state index contributed by atoms with van der Waals surface area (Å²) in [7, 11) is 1.26. The standard InChI is InChI=1S/C29H27ClN2O9S/c1-5-37-20-9-16(7-8-19(20)39-13-24(33)36-4)26-25(28(35)38-6-2)15(3)31-29-32(26)27(34)23(42-29)11-17-10-21-22(12-18(17)30)41-14-40-21/h7-12,26H,5-6,13-14H2,1-4H3/b23-11+/t26-/m0/s1. The summed E-state index contributed by atoms with van der Waals surface area (Å²) in [5.74, 6) is 0.521. The summed E-state index contributed by atoms with van der Waals surface area (Å²) < 4.78 is 34.1. The Morgan fingerprint density at radius 1 is 1.12 bits per heavy atom. The Hall–Kier alpha value is -4.29. The normalized spacial score (nSPS) is 15.6. The van der Waals surface area contributed by atoms with Crippen molar-refractivity contribution < 1.29 is 38.0 Å². The zero-order valence-corrected chi connectivity index (χ0v) is 24.8. The van der Waals surface area contributed by atoms with Crippen LogP contribution in [0, 0.1) is 0 Å². The molecule has 1 aromatic heterocycles. The summed E-state index contributed by atoms with van der Waals surface area (Å²) in [4.78, 5) is 43.9. The number of ether oxygens (including phenoxy) is 6. The van der Waals surface area contributed by atoms with Crippen molar-refractivity contribution in [3.8, 4) is 23.0 Å². The van der Waals surface area contributed by atoms with E-state index in [1.54, 1.807) is 57.2 Å². The molecule has 1 atom stereocenters. The molecule has 0 saturated heterocycles. The molecule has 3 aromatic rings. The Bertz CT molecular complexity index is 1780. The Labute approximate surface area is 249 Å². The first kappa shape index (κ1) is 29.2. The van der Waals surface area contributed by atoms with Crippen molar-refractivity contribution in [3.63, 3.8) is 0 Å². The highest BCUT2D eigenvalue weighted by molar-refractivity contribution is 7.07. The number of aromatic nitrogens is 1. The lowest BCUT2D eigenvalue weighted by atomic mass is 9.95. The first-order chi connectivity index (χ1) is 20.2. The van der Waals surface area contributed by atoms with Gasteiger partial charge in [0.25, 0.3) is 5.56 Å². The lowest BCUT2D eigenvalue weighted by Crippen LogP contribution is -2.40. The van der Waals surface area contributed by atoms with Crippen molar-refractivity contribution in [2.24, 2.45) is 4.99 Å². The highest BCUT2D eigenvalue weighted by Gasteiger charge is 2.34. The lowest BCUT2D eigenvalue weighted by Gasteiger charge is -2.25. The van der Waals surface area contributed by atoms with Crippen LogP contribution in [0.3, 0.4) is 0 Å². The van der Waals surface area contributed by atoms with Crippen LogP contribution in [0.1, 0.15) is 37.9 Å². The lowest BCUT2D eigenvalue weighted by molar-refractivity contribution is -0.143. The van der Waals surface area contributed by atoms with E-state index >= 15 is 0 Å². The van der Waals surface area contributed by atoms with Gasteiger partial charge in [0, 0.05) is 6.07 Å². The zero-order valence-electron chi connectivity index (χ0n) is 23.2. The van der Waals surface area contributed by atoms with E-state index in [1.165, 1.54) is 11.7 Å². The summed E-state index contributed by atoms with van der Waals surface area (Å²) in [5.41, 5.74) is 1.36. The maximum Gasteiger partial charge on any atom is 0.343 e. The third-order valence-electron chi connectivity index (χ3n) is 6.45. The van der Waals surface area contributed by atoms with Crippen LogP contribution in [-0.2, 0) is 19.1 Å². The summed E-state index contributed by atoms with van der Waals surface area (Å²) in [6.45, 7) is 5.41. The minimum absolute atomic E-state index is 0.0868. The largest absolute Gasteiger partial charge is 0.490 e. The van der Waals surface area contributed by atoms with Crippen LogP contribution in [0.2, 0.25) is 5.02 Å². The minimum Gasteiger partial charge on any atom is -0.490 e. The maximum atomic E-state index is 14.0. The molecule has 3 heterocycles. The molecule has 13 heteroatoms. The van der Waals surface area contributed by atoms with Gasteiger partial charge in [-0.2, -0.15) is 0 Å². The number of methoxy groups -OCH3 is 1. The first-order valence-electron chi connectivity index (χ1n) is 13.0. The van der Waals surface area contributed by atoms with Gasteiger partial charge in [0.05, 0.1) is 47.2 Å². The number of fused-ring (bicyclic) bond motifs is 2. The number of nitrogens with zero attached hydrogens (tertiary/aromatic N) is 2. The molecule has 0 spiro atoms. The van der Waals surface area contributed by atoms with E-state index in [-0.39, 0.29) is 31.1 Å². The van der Waals surface area contributed by atoms with E-state index in [4.69, 9.17) is 35.3 Å². The van der Waals surface area contributed by atoms with Crippen molar-refractivity contribution in [3.05, 3.63) is 77.4 Å². The molecule has 0 N–H and O–H groups in total. The van der Waals surface area contributed by atoms with Crippen molar-refractivity contribution in [2.45, 2.75) is 26.8 Å². The molecule has 0 aliphatic carbocycles. The van der Waals surface area contributed by atoms with Crippen molar-refractivity contribution in [2.75, 3.05) is 33.7 Å². The predicted molar refractivity (Wildman–Crippen MR) is 153 cm³/mol. The fraction of sp³-hybridized carbons (Fsp3) is 0.310. The second-order valence-electron chi connectivity index (χ2n) is 9.03. The average molecular weight is 615 g/mol. The number of hydrogen-bond acceptors (Lipinski definition) is 11. The molecule has 2 aliphatic rings. The SMILES string of the molecule is CCOC(=O)C1=C(C)N=c2s/c(=C/c3cc4c(cc3Cl)OCO4)c(=O)n2[C@H]1c1ccc(OCC(=O)OC)c(OCC)c1. The summed E-state index contributed by atoms with van der Waals surface area (Å²) >= 11 is 7.65. The molecule has 42 heavy (non-hydrogen) atoms. The van der Waals surface area contributed by atoms with Gasteiger partial charge in [-0.15, -0.1) is 0 Å². The van der Waals surface area contributed by atoms with E-state index < -0.39 is 18.0 Å². The second-order valence-corrected chi connectivity index (χ2v) is 10.4. The molecule has 0 saturated carbocycles. The van der Waals surface area contributed by atoms with Crippen LogP contribution in [0.5, 0.6) is 23.0 Å². The van der Waals surface area contributed by atoms with Gasteiger partial charge in [0.15, 0.2) is 34.4 Å². The van der Waals surface area contributed by atoms with Crippen LogP contribution in [0.4, 0.5) is 0 Å². The van der Waals surface area contributed by atoms with Gasteiger partial charge in [-0.1, -0.05) is 29.0 Å². The highest BCUT2D eigenvalue weighted by Crippen LogP contribution is 2.38. The van der Waals surface area contributed by atoms with Gasteiger partial charge in [-0.05, 0) is 56.2 Å². The number of benzene rings is 2. The second kappa shape index (κ2) is 12.3. The number of carbonyl (C=O) groups is 2. The van der Waals surface area contributed by atoms with E-state index in [2.05, 4.69) is 9.73 Å². The average Bonchev–Trinajstić information content (AvgIpc) is 3.54. The van der Waals surface area contributed by atoms with Gasteiger partial charge in [-0.3, -0.25) is 9.36 Å². The Morgan fingerprint density at radius 3 is 2.60 bits per heavy atom. The van der Waals surface area contributed by atoms with Gasteiger partial charge in [0.2, 0.25) is 6.79 Å². The number of hydrogen-bond donors (Lipinski definition) is 0. The highest BCUT2D eigenvalue weighted by atomic mass is 35.5. The molecule has 2 aliphatic heterocycles. The minimum atomic E-state index is -0.886. The van der Waals surface area contributed by atoms with Crippen molar-refractivity contribution in [1.29, 1.82) is 0 Å². The van der Waals surface area contributed by atoms with E-state index in [0.717, 1.165) is 11.3 Å². The summed E-state index contributed by atoms with van der Waals surface area (Å²) in [6.07, 6.45) is 1.66. The van der Waals surface area contributed by atoms with Gasteiger partial charge in [-0.25, -0.2) is 14.6 Å². The van der Waals surface area contributed by atoms with Crippen LogP contribution in [0.15, 0.2) is 51.4 Å². The molecule has 0 fully saturated rings. The number of rotatable bonds is 9. The molecule has 220 valence electrons. The van der Waals surface area contributed by atoms with Crippen molar-refractivity contribution in [1.82, 2.24) is 4.57 Å². The topological polar surface area (TPSA) is 124 Å². The van der Waals surface area contributed by atoms with Crippen LogP contribution in [-0.4, -0.2) is 50.2 Å².